The average Bonchev–Trinajstić information content (AvgIpc) is 2.05. The number of rotatable bonds is 2. The van der Waals surface area contributed by atoms with E-state index in [9.17, 15) is 0 Å². The molecule has 11 heavy (non-hydrogen) atoms. The third-order valence-electron chi connectivity index (χ3n) is 1.46. The van der Waals surface area contributed by atoms with E-state index in [0.717, 1.165) is 5.56 Å². The second-order valence-corrected chi connectivity index (χ2v) is 2.59. The summed E-state index contributed by atoms with van der Waals surface area (Å²) in [6.45, 7) is 0. The van der Waals surface area contributed by atoms with Gasteiger partial charge in [-0.2, -0.15) is 12.6 Å². The van der Waals surface area contributed by atoms with Crippen LogP contribution in [0.4, 0.5) is 0 Å². The summed E-state index contributed by atoms with van der Waals surface area (Å²) in [6, 6.07) is 7.00. The van der Waals surface area contributed by atoms with Crippen molar-refractivity contribution in [1.29, 1.82) is 0 Å². The van der Waals surface area contributed by atoms with Crippen molar-refractivity contribution in [2.45, 2.75) is 5.75 Å². The lowest BCUT2D eigenvalue weighted by molar-refractivity contribution is 0.426. The second kappa shape index (κ2) is 3.81. The molecule has 0 heterocycles. The molecule has 2 N–H and O–H groups in total. The van der Waals surface area contributed by atoms with Gasteiger partial charge in [-0.1, -0.05) is 24.3 Å². The first-order valence-corrected chi connectivity index (χ1v) is 3.93. The highest BCUT2D eigenvalue weighted by molar-refractivity contribution is 7.79. The molecule has 0 saturated heterocycles. The Hall–Kier alpha value is -0.445. The van der Waals surface area contributed by atoms with E-state index in [1.807, 2.05) is 12.1 Å². The first kappa shape index (κ1) is 8.65. The van der Waals surface area contributed by atoms with E-state index in [2.05, 4.69) is 12.6 Å². The summed E-state index contributed by atoms with van der Waals surface area (Å²) in [4.78, 5) is 0. The molecule has 0 aromatic heterocycles. The van der Waals surface area contributed by atoms with Crippen LogP contribution in [0.25, 0.3) is 0 Å². The fraction of sp³-hybridized carbons (Fsp3) is 0.143. The van der Waals surface area contributed by atoms with Gasteiger partial charge >= 0.3 is 7.12 Å². The number of benzene rings is 1. The predicted molar refractivity (Wildman–Crippen MR) is 49.0 cm³/mol. The van der Waals surface area contributed by atoms with E-state index in [1.165, 1.54) is 0 Å². The highest BCUT2D eigenvalue weighted by Gasteiger charge is 2.08. The molecule has 58 valence electrons. The molecule has 1 rings (SSSR count). The first-order valence-electron chi connectivity index (χ1n) is 3.30. The normalized spacial score (nSPS) is 9.73. The van der Waals surface area contributed by atoms with Crippen molar-refractivity contribution in [2.24, 2.45) is 0 Å². The maximum Gasteiger partial charge on any atom is 0.488 e. The van der Waals surface area contributed by atoms with Crippen LogP contribution in [0.3, 0.4) is 0 Å². The van der Waals surface area contributed by atoms with Gasteiger partial charge in [0.1, 0.15) is 0 Å². The Labute approximate surface area is 71.4 Å². The molecule has 0 fully saturated rings. The molecule has 0 unspecified atom stereocenters. The molecule has 0 aliphatic carbocycles. The van der Waals surface area contributed by atoms with Crippen LogP contribution in [0.15, 0.2) is 24.3 Å². The molecule has 0 aliphatic rings. The highest BCUT2D eigenvalue weighted by Crippen LogP contribution is 1.99. The van der Waals surface area contributed by atoms with Gasteiger partial charge in [0.15, 0.2) is 0 Å². The molecule has 2 nitrogen and oxygen atoms in total. The summed E-state index contributed by atoms with van der Waals surface area (Å²) < 4.78 is 0. The zero-order valence-electron chi connectivity index (χ0n) is 5.94. The van der Waals surface area contributed by atoms with Crippen molar-refractivity contribution in [3.63, 3.8) is 0 Å². The molecular formula is C7H9BO2S. The van der Waals surface area contributed by atoms with E-state index < -0.39 is 7.12 Å². The summed E-state index contributed by atoms with van der Waals surface area (Å²) in [5.41, 5.74) is 1.58. The van der Waals surface area contributed by atoms with E-state index in [1.54, 1.807) is 12.1 Å². The van der Waals surface area contributed by atoms with Crippen LogP contribution in [-0.4, -0.2) is 17.2 Å². The Morgan fingerprint density at radius 1 is 1.18 bits per heavy atom. The van der Waals surface area contributed by atoms with E-state index in [-0.39, 0.29) is 0 Å². The second-order valence-electron chi connectivity index (χ2n) is 2.27. The van der Waals surface area contributed by atoms with Gasteiger partial charge in [-0.3, -0.25) is 0 Å². The smallest absolute Gasteiger partial charge is 0.423 e. The minimum absolute atomic E-state index is 0.510. The van der Waals surface area contributed by atoms with Gasteiger partial charge in [0.25, 0.3) is 0 Å². The van der Waals surface area contributed by atoms with Crippen molar-refractivity contribution in [1.82, 2.24) is 0 Å². The fourth-order valence-corrected chi connectivity index (χ4v) is 1.01. The highest BCUT2D eigenvalue weighted by atomic mass is 32.1. The van der Waals surface area contributed by atoms with E-state index >= 15 is 0 Å². The van der Waals surface area contributed by atoms with Crippen LogP contribution in [0.5, 0.6) is 0 Å². The molecule has 0 amide bonds. The lowest BCUT2D eigenvalue weighted by Gasteiger charge is -1.99. The Kier molecular flexibility index (Phi) is 2.99. The van der Waals surface area contributed by atoms with Crippen LogP contribution in [-0.2, 0) is 5.75 Å². The third-order valence-corrected chi connectivity index (χ3v) is 1.83. The van der Waals surface area contributed by atoms with Gasteiger partial charge in [0.05, 0.1) is 0 Å². The summed E-state index contributed by atoms with van der Waals surface area (Å²) in [6.07, 6.45) is 0. The number of thiol groups is 1. The van der Waals surface area contributed by atoms with Gasteiger partial charge < -0.3 is 10.0 Å². The van der Waals surface area contributed by atoms with Crippen molar-refractivity contribution >= 4 is 25.2 Å². The zero-order valence-corrected chi connectivity index (χ0v) is 6.83. The fourth-order valence-electron chi connectivity index (χ4n) is 0.795. The van der Waals surface area contributed by atoms with Gasteiger partial charge in [-0.05, 0) is 11.0 Å². The maximum absolute atomic E-state index is 8.72. The Bertz CT molecular complexity index is 222. The third kappa shape index (κ3) is 2.25. The number of hydrogen-bond donors (Lipinski definition) is 3. The lowest BCUT2D eigenvalue weighted by Crippen LogP contribution is -2.29. The topological polar surface area (TPSA) is 40.5 Å². The summed E-state index contributed by atoms with van der Waals surface area (Å²) in [7, 11) is -1.37. The molecule has 1 aromatic rings. The summed E-state index contributed by atoms with van der Waals surface area (Å²) in [5.74, 6) is 0.668. The molecule has 0 atom stereocenters. The number of hydrogen-bond acceptors (Lipinski definition) is 3. The predicted octanol–water partition coefficient (Wildman–Crippen LogP) is -0.204. The largest absolute Gasteiger partial charge is 0.488 e. The van der Waals surface area contributed by atoms with Gasteiger partial charge in [0, 0.05) is 5.75 Å². The minimum Gasteiger partial charge on any atom is -0.423 e. The molecule has 0 saturated carbocycles. The van der Waals surface area contributed by atoms with Crippen LogP contribution in [0.1, 0.15) is 5.56 Å². The van der Waals surface area contributed by atoms with Crippen LogP contribution >= 0.6 is 12.6 Å². The lowest BCUT2D eigenvalue weighted by atomic mass is 9.80. The molecule has 4 heteroatoms. The van der Waals surface area contributed by atoms with Crippen LogP contribution in [0, 0.1) is 0 Å². The molecule has 0 spiro atoms. The van der Waals surface area contributed by atoms with E-state index in [4.69, 9.17) is 10.0 Å². The van der Waals surface area contributed by atoms with Crippen molar-refractivity contribution in [3.8, 4) is 0 Å². The van der Waals surface area contributed by atoms with Crippen molar-refractivity contribution in [3.05, 3.63) is 29.8 Å². The maximum atomic E-state index is 8.72. The molecular weight excluding hydrogens is 159 g/mol. The molecule has 0 aliphatic heterocycles. The average molecular weight is 168 g/mol. The van der Waals surface area contributed by atoms with E-state index in [0.29, 0.717) is 11.2 Å². The standard InChI is InChI=1S/C7H9BO2S/c9-8(10)7-3-1-6(5-11)2-4-7/h1-4,9-11H,5H2. The van der Waals surface area contributed by atoms with Crippen molar-refractivity contribution in [2.75, 3.05) is 0 Å². The Morgan fingerprint density at radius 2 is 1.73 bits per heavy atom. The minimum atomic E-state index is -1.37. The monoisotopic (exact) mass is 168 g/mol. The Morgan fingerprint density at radius 3 is 2.09 bits per heavy atom. The van der Waals surface area contributed by atoms with Gasteiger partial charge in [-0.15, -0.1) is 0 Å². The van der Waals surface area contributed by atoms with Gasteiger partial charge in [0.2, 0.25) is 0 Å². The molecule has 0 radical (unpaired) electrons. The van der Waals surface area contributed by atoms with Crippen molar-refractivity contribution < 1.29 is 10.0 Å². The zero-order chi connectivity index (χ0) is 8.27. The molecule has 0 bridgehead atoms. The van der Waals surface area contributed by atoms with Crippen LogP contribution in [0.2, 0.25) is 0 Å². The quantitative estimate of drug-likeness (QED) is 0.422. The first-order chi connectivity index (χ1) is 5.24. The summed E-state index contributed by atoms with van der Waals surface area (Å²) >= 11 is 4.07. The SMILES string of the molecule is OB(O)c1ccc(CS)cc1. The summed E-state index contributed by atoms with van der Waals surface area (Å²) in [5, 5.41) is 17.4. The van der Waals surface area contributed by atoms with Crippen LogP contribution < -0.4 is 5.46 Å². The van der Waals surface area contributed by atoms with Gasteiger partial charge in [-0.25, -0.2) is 0 Å². The Balaban J connectivity index is 2.83. The molecule has 1 aromatic carbocycles.